The van der Waals surface area contributed by atoms with Gasteiger partial charge in [-0.1, -0.05) is 19.8 Å². The third-order valence-corrected chi connectivity index (χ3v) is 5.47. The van der Waals surface area contributed by atoms with Crippen LogP contribution in [0.1, 0.15) is 38.0 Å². The molecule has 3 rings (SSSR count). The molecule has 0 saturated carbocycles. The molecule has 3 heterocycles. The zero-order valence-electron chi connectivity index (χ0n) is 16.6. The zero-order chi connectivity index (χ0) is 20.1. The number of aromatic nitrogens is 2. The highest BCUT2D eigenvalue weighted by atomic mass is 16.6. The molecule has 0 unspecified atom stereocenters. The van der Waals surface area contributed by atoms with Crippen LogP contribution in [0.15, 0.2) is 15.8 Å². The highest BCUT2D eigenvalue weighted by Gasteiger charge is 2.40. The fourth-order valence-corrected chi connectivity index (χ4v) is 3.87. The minimum absolute atomic E-state index is 0.0616. The minimum Gasteiger partial charge on any atom is -0.410 e. The molecule has 0 aromatic carbocycles. The van der Waals surface area contributed by atoms with Crippen molar-refractivity contribution in [3.05, 3.63) is 32.6 Å². The zero-order valence-corrected chi connectivity index (χ0v) is 16.6. The molecule has 2 N–H and O–H groups in total. The van der Waals surface area contributed by atoms with E-state index in [1.165, 1.54) is 10.8 Å². The number of aliphatic hydroxyl groups excluding tert-OH is 1. The Bertz CT molecular complexity index is 744. The maximum Gasteiger partial charge on any atom is 0.456 e. The van der Waals surface area contributed by atoms with E-state index in [0.717, 1.165) is 19.2 Å². The SMILES string of the molecule is CCCCB1OCCN([C@H]2C[C@H](n3cc(C)c(=O)[nH]c3=O)O[C@@H]2CO)CCO1. The Morgan fingerprint density at radius 2 is 2.00 bits per heavy atom. The number of nitrogens with one attached hydrogen (secondary N) is 1. The number of hydrogen-bond acceptors (Lipinski definition) is 7. The van der Waals surface area contributed by atoms with Crippen LogP contribution in [0.5, 0.6) is 0 Å². The van der Waals surface area contributed by atoms with Crippen molar-refractivity contribution in [2.45, 2.75) is 57.8 Å². The van der Waals surface area contributed by atoms with E-state index >= 15 is 0 Å². The van der Waals surface area contributed by atoms with Gasteiger partial charge in [-0.15, -0.1) is 0 Å². The third-order valence-electron chi connectivity index (χ3n) is 5.47. The number of hydrogen-bond donors (Lipinski definition) is 2. The predicted octanol–water partition coefficient (Wildman–Crippen LogP) is 0.131. The Hall–Kier alpha value is -1.46. The van der Waals surface area contributed by atoms with Crippen molar-refractivity contribution < 1.29 is 19.2 Å². The van der Waals surface area contributed by atoms with E-state index in [4.69, 9.17) is 14.0 Å². The average molecular weight is 395 g/mol. The van der Waals surface area contributed by atoms with Crippen LogP contribution in [0.3, 0.4) is 0 Å². The largest absolute Gasteiger partial charge is 0.456 e. The van der Waals surface area contributed by atoms with Gasteiger partial charge in [0.15, 0.2) is 0 Å². The molecule has 28 heavy (non-hydrogen) atoms. The quantitative estimate of drug-likeness (QED) is 0.660. The van der Waals surface area contributed by atoms with Crippen LogP contribution in [0, 0.1) is 6.92 Å². The van der Waals surface area contributed by atoms with Crippen LogP contribution in [0.4, 0.5) is 0 Å². The van der Waals surface area contributed by atoms with Crippen molar-refractivity contribution >= 4 is 7.12 Å². The Kier molecular flexibility index (Phi) is 7.47. The number of aliphatic hydroxyl groups is 1. The van der Waals surface area contributed by atoms with Gasteiger partial charge in [0, 0.05) is 50.5 Å². The summed E-state index contributed by atoms with van der Waals surface area (Å²) in [5.41, 5.74) is -0.459. The van der Waals surface area contributed by atoms with Crippen molar-refractivity contribution in [3.63, 3.8) is 0 Å². The average Bonchev–Trinajstić information content (AvgIpc) is 3.08. The molecular formula is C18H30BN3O6. The fraction of sp³-hybridized carbons (Fsp3) is 0.778. The Morgan fingerprint density at radius 3 is 2.64 bits per heavy atom. The standard InChI is InChI=1S/C18H30BN3O6/c1-3-4-5-19-26-8-6-21(7-9-27-19)14-10-16(28-15(14)12-23)22-11-13(2)17(24)20-18(22)25/h11,14-16,23H,3-10,12H2,1-2H3,(H,20,24,25)/t14-,15+,16+/m0/s1. The van der Waals surface area contributed by atoms with Gasteiger partial charge in [-0.25, -0.2) is 4.79 Å². The van der Waals surface area contributed by atoms with Gasteiger partial charge in [0.05, 0.1) is 12.7 Å². The van der Waals surface area contributed by atoms with E-state index in [-0.39, 0.29) is 19.8 Å². The number of aryl methyl sites for hydroxylation is 1. The Morgan fingerprint density at radius 1 is 1.29 bits per heavy atom. The van der Waals surface area contributed by atoms with E-state index in [1.807, 2.05) is 0 Å². The molecule has 0 bridgehead atoms. The van der Waals surface area contributed by atoms with E-state index in [0.29, 0.717) is 38.3 Å². The Labute approximate surface area is 164 Å². The van der Waals surface area contributed by atoms with Crippen molar-refractivity contribution in [3.8, 4) is 0 Å². The first kappa shape index (κ1) is 21.3. The number of unbranched alkanes of at least 4 members (excludes halogenated alkanes) is 1. The lowest BCUT2D eigenvalue weighted by Gasteiger charge is -2.33. The molecule has 10 heteroatoms. The summed E-state index contributed by atoms with van der Waals surface area (Å²) in [5.74, 6) is 0. The van der Waals surface area contributed by atoms with E-state index in [9.17, 15) is 14.7 Å². The predicted molar refractivity (Wildman–Crippen MR) is 104 cm³/mol. The molecular weight excluding hydrogens is 365 g/mol. The molecule has 3 atom stereocenters. The molecule has 0 amide bonds. The number of H-pyrrole nitrogens is 1. The molecule has 2 fully saturated rings. The topological polar surface area (TPSA) is 106 Å². The van der Waals surface area contributed by atoms with Gasteiger partial charge >= 0.3 is 12.8 Å². The smallest absolute Gasteiger partial charge is 0.410 e. The van der Waals surface area contributed by atoms with Crippen LogP contribution < -0.4 is 11.2 Å². The van der Waals surface area contributed by atoms with Gasteiger partial charge < -0.3 is 19.2 Å². The first-order valence-electron chi connectivity index (χ1n) is 10.1. The normalized spacial score (nSPS) is 27.0. The first-order chi connectivity index (χ1) is 13.5. The van der Waals surface area contributed by atoms with Crippen molar-refractivity contribution in [1.29, 1.82) is 0 Å². The van der Waals surface area contributed by atoms with Crippen LogP contribution >= 0.6 is 0 Å². The molecule has 2 saturated heterocycles. The second kappa shape index (κ2) is 9.84. The van der Waals surface area contributed by atoms with E-state index < -0.39 is 23.6 Å². The maximum atomic E-state index is 12.2. The van der Waals surface area contributed by atoms with Crippen LogP contribution in [-0.2, 0) is 14.0 Å². The van der Waals surface area contributed by atoms with Crippen LogP contribution in [0.2, 0.25) is 6.32 Å². The van der Waals surface area contributed by atoms with Gasteiger partial charge in [-0.3, -0.25) is 19.2 Å². The lowest BCUT2D eigenvalue weighted by molar-refractivity contribution is -0.0421. The summed E-state index contributed by atoms with van der Waals surface area (Å²) in [5, 5.41) is 9.81. The van der Waals surface area contributed by atoms with Crippen molar-refractivity contribution in [2.75, 3.05) is 32.9 Å². The van der Waals surface area contributed by atoms with Gasteiger partial charge in [0.25, 0.3) is 5.56 Å². The summed E-state index contributed by atoms with van der Waals surface area (Å²) in [6.07, 6.45) is 4.19. The fourth-order valence-electron chi connectivity index (χ4n) is 3.87. The molecule has 2 aliphatic heterocycles. The summed E-state index contributed by atoms with van der Waals surface area (Å²) in [7, 11) is -0.147. The molecule has 9 nitrogen and oxygen atoms in total. The second-order valence-corrected chi connectivity index (χ2v) is 7.44. The third kappa shape index (κ3) is 4.93. The minimum atomic E-state index is -0.533. The summed E-state index contributed by atoms with van der Waals surface area (Å²) < 4.78 is 19.0. The lowest BCUT2D eigenvalue weighted by atomic mass is 9.82. The summed E-state index contributed by atoms with van der Waals surface area (Å²) in [6.45, 7) is 6.16. The molecule has 2 aliphatic rings. The molecule has 156 valence electrons. The number of ether oxygens (including phenoxy) is 1. The highest BCUT2D eigenvalue weighted by Crippen LogP contribution is 2.31. The number of aromatic amines is 1. The van der Waals surface area contributed by atoms with Crippen LogP contribution in [-0.4, -0.2) is 71.7 Å². The van der Waals surface area contributed by atoms with Gasteiger partial charge in [-0.05, 0) is 13.2 Å². The van der Waals surface area contributed by atoms with Crippen LogP contribution in [0.25, 0.3) is 0 Å². The van der Waals surface area contributed by atoms with E-state index in [1.54, 1.807) is 6.92 Å². The van der Waals surface area contributed by atoms with E-state index in [2.05, 4.69) is 16.8 Å². The summed E-state index contributed by atoms with van der Waals surface area (Å²) >= 11 is 0. The molecule has 0 radical (unpaired) electrons. The lowest BCUT2D eigenvalue weighted by Crippen LogP contribution is -2.48. The summed E-state index contributed by atoms with van der Waals surface area (Å²) in [4.78, 5) is 28.3. The maximum absolute atomic E-state index is 12.2. The van der Waals surface area contributed by atoms with Gasteiger partial charge in [0.1, 0.15) is 6.23 Å². The first-order valence-corrected chi connectivity index (χ1v) is 10.1. The monoisotopic (exact) mass is 395 g/mol. The number of rotatable bonds is 6. The highest BCUT2D eigenvalue weighted by molar-refractivity contribution is 6.44. The Balaban J connectivity index is 1.66. The van der Waals surface area contributed by atoms with Gasteiger partial charge in [-0.2, -0.15) is 0 Å². The molecule has 1 aromatic heterocycles. The summed E-state index contributed by atoms with van der Waals surface area (Å²) in [6, 6.07) is -0.0616. The van der Waals surface area contributed by atoms with Crippen molar-refractivity contribution in [2.24, 2.45) is 0 Å². The van der Waals surface area contributed by atoms with Crippen molar-refractivity contribution in [1.82, 2.24) is 14.5 Å². The molecule has 1 aromatic rings. The molecule has 0 spiro atoms. The van der Waals surface area contributed by atoms with Gasteiger partial charge in [0.2, 0.25) is 0 Å². The number of nitrogens with zero attached hydrogens (tertiary/aromatic N) is 2. The molecule has 0 aliphatic carbocycles. The second-order valence-electron chi connectivity index (χ2n) is 7.44.